The number of fused-ring (bicyclic) bond motifs is 1. The van der Waals surface area contributed by atoms with Gasteiger partial charge < -0.3 is 19.5 Å². The van der Waals surface area contributed by atoms with Crippen molar-refractivity contribution in [2.75, 3.05) is 0 Å². The van der Waals surface area contributed by atoms with Crippen LogP contribution in [0.4, 0.5) is 0 Å². The van der Waals surface area contributed by atoms with E-state index in [0.29, 0.717) is 12.8 Å². The number of carbonyl (C=O) groups is 1. The Morgan fingerprint density at radius 3 is 2.73 bits per heavy atom. The smallest absolute Gasteiger partial charge is 0.292 e. The number of carbonyl (C=O) groups excluding carboxylic acids is 1. The van der Waals surface area contributed by atoms with Crippen molar-refractivity contribution >= 4 is 5.91 Å². The van der Waals surface area contributed by atoms with Gasteiger partial charge in [0, 0.05) is 11.5 Å². The summed E-state index contributed by atoms with van der Waals surface area (Å²) in [7, 11) is 0. The molecule has 0 spiro atoms. The number of oxazole rings is 1. The highest BCUT2D eigenvalue weighted by Crippen LogP contribution is 2.53. The van der Waals surface area contributed by atoms with Gasteiger partial charge in [0.25, 0.3) is 5.91 Å². The number of nitrogens with zero attached hydrogens (tertiary/aromatic N) is 2. The van der Waals surface area contributed by atoms with E-state index in [1.165, 1.54) is 12.6 Å². The molecule has 6 heteroatoms. The zero-order valence-electron chi connectivity index (χ0n) is 14.8. The maximum Gasteiger partial charge on any atom is 0.292 e. The maximum atomic E-state index is 13.2. The zero-order valence-corrected chi connectivity index (χ0v) is 14.8. The van der Waals surface area contributed by atoms with Crippen molar-refractivity contribution < 1.29 is 19.4 Å². The first kappa shape index (κ1) is 17.2. The molecule has 0 unspecified atom stereocenters. The Hall–Kier alpha value is -2.18. The van der Waals surface area contributed by atoms with E-state index in [-0.39, 0.29) is 23.8 Å². The number of aliphatic hydroxyl groups excluding tert-OH is 2. The van der Waals surface area contributed by atoms with Gasteiger partial charge in [-0.05, 0) is 31.2 Å². The quantitative estimate of drug-likeness (QED) is 0.863. The normalized spacial score (nSPS) is 34.3. The van der Waals surface area contributed by atoms with Crippen molar-refractivity contribution in [3.8, 4) is 0 Å². The molecule has 1 aromatic heterocycles. The zero-order chi connectivity index (χ0) is 18.3. The minimum atomic E-state index is -0.867. The van der Waals surface area contributed by atoms with E-state index >= 15 is 0 Å². The standard InChI is InChI=1S/C20H24N2O4/c1-20-10-14(13-6-3-2-4-7-13)22(19(25)16-11-21-12-26-16)17(20)9-5-8-15(23)18(20)24/h2-4,6-7,11-12,14-15,17-18,23-24H,5,8-10H2,1H3/t14-,15-,17-,18+,20-/m1/s1. The van der Waals surface area contributed by atoms with Gasteiger partial charge in [0.15, 0.2) is 6.39 Å². The number of hydrogen-bond donors (Lipinski definition) is 2. The van der Waals surface area contributed by atoms with Crippen molar-refractivity contribution in [1.29, 1.82) is 0 Å². The molecule has 0 bridgehead atoms. The van der Waals surface area contributed by atoms with Crippen LogP contribution in [-0.2, 0) is 0 Å². The van der Waals surface area contributed by atoms with E-state index < -0.39 is 17.6 Å². The molecule has 2 heterocycles. The van der Waals surface area contributed by atoms with E-state index in [1.807, 2.05) is 42.2 Å². The van der Waals surface area contributed by atoms with Gasteiger partial charge >= 0.3 is 0 Å². The molecule has 2 aromatic rings. The number of aliphatic hydroxyl groups is 2. The molecule has 1 aliphatic heterocycles. The van der Waals surface area contributed by atoms with Gasteiger partial charge in [0.1, 0.15) is 0 Å². The highest BCUT2D eigenvalue weighted by molar-refractivity contribution is 5.92. The molecule has 1 saturated carbocycles. The summed E-state index contributed by atoms with van der Waals surface area (Å²) in [5.41, 5.74) is 0.447. The molecular weight excluding hydrogens is 332 g/mol. The van der Waals surface area contributed by atoms with Crippen LogP contribution < -0.4 is 0 Å². The van der Waals surface area contributed by atoms with Crippen molar-refractivity contribution in [2.24, 2.45) is 5.41 Å². The fourth-order valence-electron chi connectivity index (χ4n) is 4.78. The summed E-state index contributed by atoms with van der Waals surface area (Å²) in [5.74, 6) is -0.0110. The van der Waals surface area contributed by atoms with Crippen molar-refractivity contribution in [1.82, 2.24) is 9.88 Å². The second kappa shape index (κ2) is 6.52. The molecule has 1 aromatic carbocycles. The predicted octanol–water partition coefficient (Wildman–Crippen LogP) is 2.54. The van der Waals surface area contributed by atoms with E-state index in [0.717, 1.165) is 18.4 Å². The van der Waals surface area contributed by atoms with E-state index in [9.17, 15) is 15.0 Å². The van der Waals surface area contributed by atoms with Crippen LogP contribution in [0, 0.1) is 5.41 Å². The molecule has 6 nitrogen and oxygen atoms in total. The minimum Gasteiger partial charge on any atom is -0.438 e. The van der Waals surface area contributed by atoms with Gasteiger partial charge in [-0.25, -0.2) is 4.98 Å². The van der Waals surface area contributed by atoms with Crippen LogP contribution in [0.25, 0.3) is 0 Å². The van der Waals surface area contributed by atoms with E-state index in [4.69, 9.17) is 4.42 Å². The minimum absolute atomic E-state index is 0.169. The van der Waals surface area contributed by atoms with Gasteiger partial charge in [-0.1, -0.05) is 37.3 Å². The SMILES string of the molecule is C[C@@]12C[C@H](c3ccccc3)N(C(=O)c3cnco3)[C@@H]1CCC[C@@H](O)[C@@H]2O. The van der Waals surface area contributed by atoms with Gasteiger partial charge in [-0.15, -0.1) is 0 Å². The second-order valence-electron chi connectivity index (χ2n) is 7.67. The summed E-state index contributed by atoms with van der Waals surface area (Å²) in [6.45, 7) is 1.99. The summed E-state index contributed by atoms with van der Waals surface area (Å²) >= 11 is 0. The molecule has 26 heavy (non-hydrogen) atoms. The lowest BCUT2D eigenvalue weighted by Crippen LogP contribution is -2.49. The third-order valence-electron chi connectivity index (χ3n) is 6.15. The molecular formula is C20H24N2O4. The fourth-order valence-corrected chi connectivity index (χ4v) is 4.78. The Kier molecular flexibility index (Phi) is 4.32. The predicted molar refractivity (Wildman–Crippen MR) is 94.2 cm³/mol. The molecule has 138 valence electrons. The first-order chi connectivity index (χ1) is 12.5. The summed E-state index contributed by atoms with van der Waals surface area (Å²) in [6, 6.07) is 9.51. The monoisotopic (exact) mass is 356 g/mol. The van der Waals surface area contributed by atoms with Crippen LogP contribution >= 0.6 is 0 Å². The fraction of sp³-hybridized carbons (Fsp3) is 0.500. The van der Waals surface area contributed by atoms with E-state index in [1.54, 1.807) is 0 Å². The lowest BCUT2D eigenvalue weighted by atomic mass is 9.74. The molecule has 1 saturated heterocycles. The van der Waals surface area contributed by atoms with Crippen LogP contribution in [0.15, 0.2) is 47.3 Å². The lowest BCUT2D eigenvalue weighted by molar-refractivity contribution is -0.0613. The third-order valence-corrected chi connectivity index (χ3v) is 6.15. The Balaban J connectivity index is 1.79. The van der Waals surface area contributed by atoms with Crippen LogP contribution in [0.5, 0.6) is 0 Å². The summed E-state index contributed by atoms with van der Waals surface area (Å²) < 4.78 is 5.27. The molecule has 0 radical (unpaired) electrons. The average Bonchev–Trinajstić information content (AvgIpc) is 3.27. The highest BCUT2D eigenvalue weighted by atomic mass is 16.4. The topological polar surface area (TPSA) is 86.8 Å². The Labute approximate surface area is 152 Å². The molecule has 1 aliphatic carbocycles. The molecule has 2 N–H and O–H groups in total. The largest absolute Gasteiger partial charge is 0.438 e. The number of amides is 1. The number of likely N-dealkylation sites (tertiary alicyclic amines) is 1. The molecule has 2 aliphatic rings. The number of benzene rings is 1. The molecule has 1 amide bonds. The van der Waals surface area contributed by atoms with Crippen LogP contribution in [0.3, 0.4) is 0 Å². The lowest BCUT2D eigenvalue weighted by Gasteiger charge is -2.38. The summed E-state index contributed by atoms with van der Waals surface area (Å²) in [4.78, 5) is 19.0. The van der Waals surface area contributed by atoms with Gasteiger partial charge in [-0.2, -0.15) is 0 Å². The van der Waals surface area contributed by atoms with Gasteiger partial charge in [-0.3, -0.25) is 4.79 Å². The molecule has 2 fully saturated rings. The van der Waals surface area contributed by atoms with Crippen LogP contribution in [0.2, 0.25) is 0 Å². The van der Waals surface area contributed by atoms with E-state index in [2.05, 4.69) is 4.98 Å². The third kappa shape index (κ3) is 2.64. The highest BCUT2D eigenvalue weighted by Gasteiger charge is 2.57. The Morgan fingerprint density at radius 1 is 1.27 bits per heavy atom. The number of aromatic nitrogens is 1. The molecule has 5 atom stereocenters. The number of hydrogen-bond acceptors (Lipinski definition) is 5. The Morgan fingerprint density at radius 2 is 2.04 bits per heavy atom. The van der Waals surface area contributed by atoms with Crippen molar-refractivity contribution in [2.45, 2.75) is 56.9 Å². The first-order valence-electron chi connectivity index (χ1n) is 9.14. The Bertz CT molecular complexity index is 763. The van der Waals surface area contributed by atoms with Crippen LogP contribution in [0.1, 0.15) is 54.8 Å². The van der Waals surface area contributed by atoms with Gasteiger partial charge in [0.2, 0.25) is 5.76 Å². The second-order valence-corrected chi connectivity index (χ2v) is 7.67. The van der Waals surface area contributed by atoms with Crippen LogP contribution in [-0.4, -0.2) is 44.3 Å². The summed E-state index contributed by atoms with van der Waals surface area (Å²) in [6.07, 6.45) is 3.71. The van der Waals surface area contributed by atoms with Crippen molar-refractivity contribution in [3.05, 3.63) is 54.2 Å². The van der Waals surface area contributed by atoms with Gasteiger partial charge in [0.05, 0.1) is 24.4 Å². The first-order valence-corrected chi connectivity index (χ1v) is 9.14. The average molecular weight is 356 g/mol. The van der Waals surface area contributed by atoms with Crippen molar-refractivity contribution in [3.63, 3.8) is 0 Å². The summed E-state index contributed by atoms with van der Waals surface area (Å²) in [5, 5.41) is 21.2. The number of rotatable bonds is 2. The molecule has 4 rings (SSSR count). The maximum absolute atomic E-state index is 13.2.